The van der Waals surface area contributed by atoms with Crippen molar-refractivity contribution in [2.24, 2.45) is 4.99 Å². The van der Waals surface area contributed by atoms with Gasteiger partial charge in [0, 0.05) is 0 Å². The van der Waals surface area contributed by atoms with Gasteiger partial charge in [0.1, 0.15) is 5.75 Å². The van der Waals surface area contributed by atoms with Crippen molar-refractivity contribution in [3.8, 4) is 17.2 Å². The van der Waals surface area contributed by atoms with Crippen molar-refractivity contribution in [3.63, 3.8) is 0 Å². The van der Waals surface area contributed by atoms with Gasteiger partial charge in [-0.2, -0.15) is 0 Å². The molecule has 0 spiro atoms. The first-order valence-corrected chi connectivity index (χ1v) is 14.3. The van der Waals surface area contributed by atoms with E-state index in [0.717, 1.165) is 11.1 Å². The second-order valence-corrected chi connectivity index (χ2v) is 10.9. The first-order chi connectivity index (χ1) is 18.7. The van der Waals surface area contributed by atoms with Crippen LogP contribution >= 0.6 is 27.3 Å². The molecule has 1 aliphatic rings. The molecule has 1 aliphatic heterocycles. The number of ether oxygens (including phenoxy) is 4. The molecule has 3 aromatic rings. The number of allylic oxidation sites excluding steroid dienone is 1. The summed E-state index contributed by atoms with van der Waals surface area (Å²) in [5.41, 5.74) is 2.09. The minimum Gasteiger partial charge on any atom is -0.494 e. The third-order valence-corrected chi connectivity index (χ3v) is 7.50. The molecule has 0 aliphatic carbocycles. The van der Waals surface area contributed by atoms with Gasteiger partial charge in [-0.3, -0.25) is 9.36 Å². The van der Waals surface area contributed by atoms with Gasteiger partial charge in [-0.1, -0.05) is 23.5 Å². The van der Waals surface area contributed by atoms with Crippen LogP contribution in [0, 0.1) is 0 Å². The monoisotopic (exact) mass is 614 g/mol. The molecule has 0 saturated heterocycles. The lowest BCUT2D eigenvalue weighted by Gasteiger charge is -2.25. The van der Waals surface area contributed by atoms with E-state index in [1.807, 2.05) is 50.2 Å². The van der Waals surface area contributed by atoms with Crippen molar-refractivity contribution in [2.45, 2.75) is 46.8 Å². The van der Waals surface area contributed by atoms with E-state index in [1.54, 1.807) is 38.5 Å². The van der Waals surface area contributed by atoms with Gasteiger partial charge in [-0.25, -0.2) is 9.79 Å². The molecule has 206 valence electrons. The van der Waals surface area contributed by atoms with Gasteiger partial charge >= 0.3 is 5.97 Å². The summed E-state index contributed by atoms with van der Waals surface area (Å²) in [6, 6.07) is 10.4. The third kappa shape index (κ3) is 5.96. The van der Waals surface area contributed by atoms with Crippen molar-refractivity contribution in [2.75, 3.05) is 20.3 Å². The highest BCUT2D eigenvalue weighted by Crippen LogP contribution is 2.37. The highest BCUT2D eigenvalue weighted by Gasteiger charge is 2.33. The predicted molar refractivity (Wildman–Crippen MR) is 154 cm³/mol. The molecule has 1 atom stereocenters. The quantitative estimate of drug-likeness (QED) is 0.323. The number of nitrogens with zero attached hydrogens (tertiary/aromatic N) is 2. The van der Waals surface area contributed by atoms with E-state index in [2.05, 4.69) is 20.9 Å². The summed E-state index contributed by atoms with van der Waals surface area (Å²) in [7, 11) is 1.57. The second-order valence-electron chi connectivity index (χ2n) is 9.01. The number of benzene rings is 2. The molecule has 0 bridgehead atoms. The average molecular weight is 616 g/mol. The molecule has 39 heavy (non-hydrogen) atoms. The number of halogens is 1. The summed E-state index contributed by atoms with van der Waals surface area (Å²) in [6.45, 7) is 10.2. The van der Waals surface area contributed by atoms with Crippen molar-refractivity contribution in [1.29, 1.82) is 0 Å². The number of thiazole rings is 1. The van der Waals surface area contributed by atoms with Crippen molar-refractivity contribution in [3.05, 3.63) is 83.0 Å². The molecule has 0 radical (unpaired) electrons. The fourth-order valence-corrected chi connectivity index (χ4v) is 6.04. The van der Waals surface area contributed by atoms with E-state index in [4.69, 9.17) is 18.9 Å². The van der Waals surface area contributed by atoms with Crippen LogP contribution in [0.1, 0.15) is 51.8 Å². The number of carbonyl (C=O) groups is 1. The number of methoxy groups -OCH3 is 1. The van der Waals surface area contributed by atoms with Crippen LogP contribution in [0.3, 0.4) is 0 Å². The predicted octanol–water partition coefficient (Wildman–Crippen LogP) is 4.76. The maximum Gasteiger partial charge on any atom is 0.338 e. The van der Waals surface area contributed by atoms with Crippen LogP contribution in [0.2, 0.25) is 0 Å². The van der Waals surface area contributed by atoms with Crippen molar-refractivity contribution >= 4 is 39.3 Å². The maximum atomic E-state index is 13.9. The minimum absolute atomic E-state index is 0.259. The van der Waals surface area contributed by atoms with Crippen LogP contribution in [0.15, 0.2) is 61.9 Å². The smallest absolute Gasteiger partial charge is 0.338 e. The lowest BCUT2D eigenvalue weighted by Crippen LogP contribution is -2.40. The molecule has 4 rings (SSSR count). The number of fused-ring (bicyclic) bond motifs is 1. The Kier molecular flexibility index (Phi) is 8.97. The van der Waals surface area contributed by atoms with Crippen LogP contribution < -0.4 is 29.1 Å². The lowest BCUT2D eigenvalue weighted by molar-refractivity contribution is -0.143. The Morgan fingerprint density at radius 2 is 1.85 bits per heavy atom. The molecular weight excluding hydrogens is 584 g/mol. The maximum absolute atomic E-state index is 13.9. The Morgan fingerprint density at radius 1 is 1.15 bits per heavy atom. The molecule has 0 N–H and O–H groups in total. The van der Waals surface area contributed by atoms with Crippen LogP contribution in [-0.2, 0) is 9.53 Å². The number of rotatable bonds is 9. The standard InChI is InChI=1S/C29H31BrN2O6S/c1-7-36-20-11-9-19(10-12-20)25-24(28(34)38-16(3)4)17(5)31-29-32(25)27(33)23(39-29)15-18-13-21(30)26(35-6)22(14-18)37-8-2/h9-16,25H,7-8H2,1-6H3/b23-15+/t25-/m1/s1. The van der Waals surface area contributed by atoms with Gasteiger partial charge in [0.05, 0.1) is 52.7 Å². The van der Waals surface area contributed by atoms with Gasteiger partial charge < -0.3 is 18.9 Å². The van der Waals surface area contributed by atoms with E-state index in [9.17, 15) is 9.59 Å². The summed E-state index contributed by atoms with van der Waals surface area (Å²) in [5.74, 6) is 1.35. The first-order valence-electron chi connectivity index (χ1n) is 12.6. The van der Waals surface area contributed by atoms with Gasteiger partial charge in [-0.15, -0.1) is 0 Å². The number of hydrogen-bond donors (Lipinski definition) is 0. The number of hydrogen-bond acceptors (Lipinski definition) is 8. The molecule has 0 saturated carbocycles. The number of esters is 1. The van der Waals surface area contributed by atoms with E-state index in [-0.39, 0.29) is 11.7 Å². The molecule has 0 amide bonds. The lowest BCUT2D eigenvalue weighted by atomic mass is 9.96. The number of aromatic nitrogens is 1. The van der Waals surface area contributed by atoms with Crippen LogP contribution in [0.5, 0.6) is 17.2 Å². The Bertz CT molecular complexity index is 1590. The zero-order chi connectivity index (χ0) is 28.3. The topological polar surface area (TPSA) is 88.4 Å². The minimum atomic E-state index is -0.702. The Balaban J connectivity index is 1.91. The van der Waals surface area contributed by atoms with Crippen LogP contribution in [0.25, 0.3) is 6.08 Å². The van der Waals surface area contributed by atoms with E-state index in [0.29, 0.717) is 55.5 Å². The summed E-state index contributed by atoms with van der Waals surface area (Å²) in [5, 5.41) is 0. The van der Waals surface area contributed by atoms with Crippen LogP contribution in [-0.4, -0.2) is 37.0 Å². The van der Waals surface area contributed by atoms with Gasteiger partial charge in [0.25, 0.3) is 5.56 Å². The van der Waals surface area contributed by atoms with Crippen molar-refractivity contribution in [1.82, 2.24) is 4.57 Å². The summed E-state index contributed by atoms with van der Waals surface area (Å²) >= 11 is 4.80. The molecule has 2 aromatic carbocycles. The van der Waals surface area contributed by atoms with Crippen molar-refractivity contribution < 1.29 is 23.7 Å². The van der Waals surface area contributed by atoms with Gasteiger partial charge in [0.2, 0.25) is 0 Å². The zero-order valence-electron chi connectivity index (χ0n) is 22.7. The largest absolute Gasteiger partial charge is 0.494 e. The molecule has 0 unspecified atom stereocenters. The van der Waals surface area contributed by atoms with E-state index >= 15 is 0 Å². The van der Waals surface area contributed by atoms with Gasteiger partial charge in [-0.05, 0) is 92.0 Å². The average Bonchev–Trinajstić information content (AvgIpc) is 3.17. The Labute approximate surface area is 239 Å². The summed E-state index contributed by atoms with van der Waals surface area (Å²) < 4.78 is 25.1. The molecule has 1 aromatic heterocycles. The molecular formula is C29H31BrN2O6S. The fraction of sp³-hybridized carbons (Fsp3) is 0.345. The van der Waals surface area contributed by atoms with Crippen LogP contribution in [0.4, 0.5) is 0 Å². The van der Waals surface area contributed by atoms with E-state index in [1.165, 1.54) is 11.3 Å². The summed E-state index contributed by atoms with van der Waals surface area (Å²) in [6.07, 6.45) is 1.47. The van der Waals surface area contributed by atoms with E-state index < -0.39 is 12.0 Å². The fourth-order valence-electron chi connectivity index (χ4n) is 4.37. The second kappa shape index (κ2) is 12.2. The number of carbonyl (C=O) groups excluding carboxylic acids is 1. The molecule has 8 nitrogen and oxygen atoms in total. The molecule has 0 fully saturated rings. The van der Waals surface area contributed by atoms with Gasteiger partial charge in [0.15, 0.2) is 16.3 Å². The highest BCUT2D eigenvalue weighted by molar-refractivity contribution is 9.10. The Hall–Kier alpha value is -3.37. The normalized spacial score (nSPS) is 15.2. The molecule has 2 heterocycles. The summed E-state index contributed by atoms with van der Waals surface area (Å²) in [4.78, 5) is 32.3. The third-order valence-electron chi connectivity index (χ3n) is 5.92. The SMILES string of the molecule is CCOc1ccc([C@@H]2C(C(=O)OC(C)C)=C(C)N=c3s/c(=C/c4cc(Br)c(OC)c(OCC)c4)c(=O)n32)cc1. The first kappa shape index (κ1) is 28.6. The highest BCUT2D eigenvalue weighted by atomic mass is 79.9. The molecule has 10 heteroatoms. The Morgan fingerprint density at radius 3 is 2.46 bits per heavy atom. The zero-order valence-corrected chi connectivity index (χ0v) is 25.1.